The molecule has 1 heterocycles. The molecule has 4 heteroatoms. The highest BCUT2D eigenvalue weighted by molar-refractivity contribution is 5.70. The van der Waals surface area contributed by atoms with Crippen LogP contribution in [0.25, 0.3) is 0 Å². The van der Waals surface area contributed by atoms with Crippen molar-refractivity contribution in [3.63, 3.8) is 0 Å². The third kappa shape index (κ3) is 1.89. The van der Waals surface area contributed by atoms with Gasteiger partial charge in [-0.2, -0.15) is 0 Å². The Morgan fingerprint density at radius 2 is 2.00 bits per heavy atom. The minimum atomic E-state index is -0.807. The van der Waals surface area contributed by atoms with Crippen LogP contribution in [-0.4, -0.2) is 13.1 Å². The Balaban J connectivity index is 2.31. The molecule has 2 N–H and O–H groups in total. The lowest BCUT2D eigenvalue weighted by molar-refractivity contribution is 0.510. The van der Waals surface area contributed by atoms with Gasteiger partial charge in [0, 0.05) is 13.1 Å². The van der Waals surface area contributed by atoms with Crippen molar-refractivity contribution in [3.8, 4) is 0 Å². The number of fused-ring (bicyclic) bond motifs is 1. The number of hydrogen-bond acceptors (Lipinski definition) is 2. The van der Waals surface area contributed by atoms with E-state index in [9.17, 15) is 8.78 Å². The van der Waals surface area contributed by atoms with Crippen LogP contribution >= 0.6 is 0 Å². The molecule has 0 amide bonds. The SMILES string of the molecule is CCC1CNc2ccc(F)c(F)c2NC1. The van der Waals surface area contributed by atoms with Crippen LogP contribution in [0.4, 0.5) is 20.2 Å². The Labute approximate surface area is 87.7 Å². The number of benzene rings is 1. The number of nitrogens with one attached hydrogen (secondary N) is 2. The zero-order valence-corrected chi connectivity index (χ0v) is 8.61. The first kappa shape index (κ1) is 10.2. The van der Waals surface area contributed by atoms with Crippen LogP contribution in [-0.2, 0) is 0 Å². The number of hydrogen-bond donors (Lipinski definition) is 2. The first-order chi connectivity index (χ1) is 7.22. The molecule has 82 valence electrons. The Kier molecular flexibility index (Phi) is 2.75. The van der Waals surface area contributed by atoms with E-state index in [1.807, 2.05) is 0 Å². The molecular weight excluding hydrogens is 198 g/mol. The molecule has 0 radical (unpaired) electrons. The summed E-state index contributed by atoms with van der Waals surface area (Å²) >= 11 is 0. The summed E-state index contributed by atoms with van der Waals surface area (Å²) in [5, 5.41) is 6.08. The fourth-order valence-electron chi connectivity index (χ4n) is 1.73. The maximum Gasteiger partial charge on any atom is 0.183 e. The second-order valence-electron chi connectivity index (χ2n) is 3.82. The zero-order valence-electron chi connectivity index (χ0n) is 8.61. The van der Waals surface area contributed by atoms with Crippen LogP contribution in [0, 0.1) is 17.6 Å². The van der Waals surface area contributed by atoms with Crippen molar-refractivity contribution < 1.29 is 8.78 Å². The molecule has 0 spiro atoms. The van der Waals surface area contributed by atoms with Gasteiger partial charge < -0.3 is 10.6 Å². The predicted octanol–water partition coefficient (Wildman–Crippen LogP) is 2.83. The van der Waals surface area contributed by atoms with E-state index < -0.39 is 11.6 Å². The van der Waals surface area contributed by atoms with Crippen molar-refractivity contribution in [2.45, 2.75) is 13.3 Å². The van der Waals surface area contributed by atoms with E-state index >= 15 is 0 Å². The van der Waals surface area contributed by atoms with E-state index in [-0.39, 0.29) is 5.69 Å². The van der Waals surface area contributed by atoms with E-state index in [1.54, 1.807) is 6.07 Å². The quantitative estimate of drug-likeness (QED) is 0.748. The Bertz CT molecular complexity index is 366. The minimum absolute atomic E-state index is 0.256. The fourth-order valence-corrected chi connectivity index (χ4v) is 1.73. The molecule has 2 rings (SSSR count). The summed E-state index contributed by atoms with van der Waals surface area (Å²) in [6, 6.07) is 2.72. The molecule has 1 aromatic rings. The van der Waals surface area contributed by atoms with Gasteiger partial charge in [0.15, 0.2) is 11.6 Å². The first-order valence-corrected chi connectivity index (χ1v) is 5.18. The van der Waals surface area contributed by atoms with Crippen LogP contribution in [0.5, 0.6) is 0 Å². The third-order valence-corrected chi connectivity index (χ3v) is 2.82. The summed E-state index contributed by atoms with van der Waals surface area (Å²) in [5.41, 5.74) is 0.899. The van der Waals surface area contributed by atoms with Crippen LogP contribution in [0.3, 0.4) is 0 Å². The van der Waals surface area contributed by atoms with Gasteiger partial charge in [0.2, 0.25) is 0 Å². The molecule has 2 nitrogen and oxygen atoms in total. The average Bonchev–Trinajstić information content (AvgIpc) is 2.46. The maximum atomic E-state index is 13.4. The molecule has 1 aliphatic rings. The van der Waals surface area contributed by atoms with Crippen molar-refractivity contribution in [2.75, 3.05) is 23.7 Å². The Hall–Kier alpha value is -1.32. The summed E-state index contributed by atoms with van der Waals surface area (Å²) < 4.78 is 26.4. The third-order valence-electron chi connectivity index (χ3n) is 2.82. The molecule has 1 atom stereocenters. The second kappa shape index (κ2) is 4.04. The summed E-state index contributed by atoms with van der Waals surface area (Å²) in [4.78, 5) is 0. The van der Waals surface area contributed by atoms with Crippen molar-refractivity contribution in [1.82, 2.24) is 0 Å². The Morgan fingerprint density at radius 1 is 1.27 bits per heavy atom. The van der Waals surface area contributed by atoms with Crippen molar-refractivity contribution in [3.05, 3.63) is 23.8 Å². The zero-order chi connectivity index (χ0) is 10.8. The highest BCUT2D eigenvalue weighted by Crippen LogP contribution is 2.29. The molecular formula is C11H14F2N2. The standard InChI is InChI=1S/C11H14F2N2/c1-2-7-5-14-9-4-3-8(12)10(13)11(9)15-6-7/h3-4,7,14-15H,2,5-6H2,1H3. The van der Waals surface area contributed by atoms with Gasteiger partial charge in [-0.1, -0.05) is 6.92 Å². The van der Waals surface area contributed by atoms with E-state index in [4.69, 9.17) is 0 Å². The highest BCUT2D eigenvalue weighted by atomic mass is 19.2. The molecule has 0 fully saturated rings. The summed E-state index contributed by atoms with van der Waals surface area (Å²) in [6.07, 6.45) is 1.01. The van der Waals surface area contributed by atoms with E-state index in [2.05, 4.69) is 17.6 Å². The van der Waals surface area contributed by atoms with Gasteiger partial charge in [-0.25, -0.2) is 8.78 Å². The van der Waals surface area contributed by atoms with Gasteiger partial charge in [-0.3, -0.25) is 0 Å². The van der Waals surface area contributed by atoms with Gasteiger partial charge in [0.05, 0.1) is 11.4 Å². The monoisotopic (exact) mass is 212 g/mol. The Morgan fingerprint density at radius 3 is 2.73 bits per heavy atom. The molecule has 1 unspecified atom stereocenters. The molecule has 0 bridgehead atoms. The van der Waals surface area contributed by atoms with E-state index in [0.29, 0.717) is 18.2 Å². The summed E-state index contributed by atoms with van der Waals surface area (Å²) in [6.45, 7) is 3.55. The van der Waals surface area contributed by atoms with Crippen molar-refractivity contribution in [2.24, 2.45) is 5.92 Å². The molecule has 1 aliphatic heterocycles. The fraction of sp³-hybridized carbons (Fsp3) is 0.455. The molecule has 0 saturated heterocycles. The lowest BCUT2D eigenvalue weighted by atomic mass is 10.1. The van der Waals surface area contributed by atoms with Crippen LogP contribution < -0.4 is 10.6 Å². The normalized spacial score (nSPS) is 19.8. The lowest BCUT2D eigenvalue weighted by Crippen LogP contribution is -2.17. The first-order valence-electron chi connectivity index (χ1n) is 5.18. The minimum Gasteiger partial charge on any atom is -0.383 e. The molecule has 0 aromatic heterocycles. The van der Waals surface area contributed by atoms with Gasteiger partial charge in [0.1, 0.15) is 0 Å². The average molecular weight is 212 g/mol. The summed E-state index contributed by atoms with van der Waals surface area (Å²) in [7, 11) is 0. The number of rotatable bonds is 1. The summed E-state index contributed by atoms with van der Waals surface area (Å²) in [5.74, 6) is -1.16. The highest BCUT2D eigenvalue weighted by Gasteiger charge is 2.18. The largest absolute Gasteiger partial charge is 0.383 e. The maximum absolute atomic E-state index is 13.4. The predicted molar refractivity (Wildman–Crippen MR) is 57.1 cm³/mol. The topological polar surface area (TPSA) is 24.1 Å². The van der Waals surface area contributed by atoms with E-state index in [0.717, 1.165) is 19.0 Å². The smallest absolute Gasteiger partial charge is 0.183 e. The van der Waals surface area contributed by atoms with Gasteiger partial charge in [-0.05, 0) is 24.5 Å². The molecule has 0 aliphatic carbocycles. The molecule has 1 aromatic carbocycles. The van der Waals surface area contributed by atoms with Gasteiger partial charge in [0.25, 0.3) is 0 Å². The number of halogens is 2. The molecule has 0 saturated carbocycles. The van der Waals surface area contributed by atoms with Gasteiger partial charge in [-0.15, -0.1) is 0 Å². The second-order valence-corrected chi connectivity index (χ2v) is 3.82. The van der Waals surface area contributed by atoms with E-state index in [1.165, 1.54) is 0 Å². The van der Waals surface area contributed by atoms with Crippen LogP contribution in [0.1, 0.15) is 13.3 Å². The van der Waals surface area contributed by atoms with Crippen molar-refractivity contribution >= 4 is 11.4 Å². The number of anilines is 2. The van der Waals surface area contributed by atoms with Crippen LogP contribution in [0.2, 0.25) is 0 Å². The molecule has 15 heavy (non-hydrogen) atoms. The van der Waals surface area contributed by atoms with Crippen molar-refractivity contribution in [1.29, 1.82) is 0 Å². The van der Waals surface area contributed by atoms with Crippen LogP contribution in [0.15, 0.2) is 12.1 Å². The van der Waals surface area contributed by atoms with Gasteiger partial charge >= 0.3 is 0 Å². The lowest BCUT2D eigenvalue weighted by Gasteiger charge is -2.10.